The molecule has 0 aliphatic rings. The van der Waals surface area contributed by atoms with Crippen molar-refractivity contribution < 1.29 is 8.78 Å². The minimum Gasteiger partial charge on any atom is -0.272 e. The Morgan fingerprint density at radius 1 is 1.37 bits per heavy atom. The summed E-state index contributed by atoms with van der Waals surface area (Å²) < 4.78 is 29.3. The Labute approximate surface area is 110 Å². The Bertz CT molecular complexity index is 533. The van der Waals surface area contributed by atoms with Crippen LogP contribution in [0.5, 0.6) is 0 Å². The number of aromatic nitrogens is 2. The van der Waals surface area contributed by atoms with Crippen LogP contribution in [0.15, 0.2) is 30.6 Å². The van der Waals surface area contributed by atoms with Crippen molar-refractivity contribution in [2.45, 2.75) is 25.9 Å². The molecule has 0 radical (unpaired) electrons. The maximum Gasteiger partial charge on any atom is 0.131 e. The van der Waals surface area contributed by atoms with Gasteiger partial charge >= 0.3 is 0 Å². The molecule has 2 aromatic rings. The van der Waals surface area contributed by atoms with E-state index in [0.717, 1.165) is 13.0 Å². The van der Waals surface area contributed by atoms with Gasteiger partial charge in [-0.25, -0.2) is 14.2 Å². The van der Waals surface area contributed by atoms with Crippen molar-refractivity contribution in [1.82, 2.24) is 15.2 Å². The van der Waals surface area contributed by atoms with Crippen molar-refractivity contribution in [2.75, 3.05) is 0 Å². The second-order valence-corrected chi connectivity index (χ2v) is 4.27. The topological polar surface area (TPSA) is 55.9 Å². The summed E-state index contributed by atoms with van der Waals surface area (Å²) in [5.74, 6) is 4.17. The number of rotatable bonds is 5. The number of benzene rings is 1. The summed E-state index contributed by atoms with van der Waals surface area (Å²) in [6.45, 7) is 2.77. The van der Waals surface area contributed by atoms with E-state index in [2.05, 4.69) is 10.5 Å². The third-order valence-corrected chi connectivity index (χ3v) is 2.89. The molecule has 4 nitrogen and oxygen atoms in total. The molecular weight excluding hydrogens is 250 g/mol. The van der Waals surface area contributed by atoms with Crippen LogP contribution in [0.3, 0.4) is 0 Å². The zero-order chi connectivity index (χ0) is 13.8. The average Bonchev–Trinajstić information content (AvgIpc) is 2.83. The smallest absolute Gasteiger partial charge is 0.131 e. The summed E-state index contributed by atoms with van der Waals surface area (Å²) in [5.41, 5.74) is 2.97. The predicted molar refractivity (Wildman–Crippen MR) is 68.0 cm³/mol. The molecule has 2 rings (SSSR count). The van der Waals surface area contributed by atoms with Gasteiger partial charge in [0.1, 0.15) is 11.6 Å². The van der Waals surface area contributed by atoms with Crippen molar-refractivity contribution in [1.29, 1.82) is 0 Å². The third-order valence-electron chi connectivity index (χ3n) is 2.89. The Morgan fingerprint density at radius 2 is 2.05 bits per heavy atom. The van der Waals surface area contributed by atoms with Crippen molar-refractivity contribution in [3.05, 3.63) is 53.4 Å². The SMILES string of the molecule is CCCn1cc(C(NN)c2c(F)cccc2F)cn1. The highest BCUT2D eigenvalue weighted by Gasteiger charge is 2.21. The van der Waals surface area contributed by atoms with E-state index >= 15 is 0 Å². The normalized spacial score (nSPS) is 12.6. The molecule has 3 N–H and O–H groups in total. The van der Waals surface area contributed by atoms with E-state index in [1.165, 1.54) is 18.2 Å². The minimum atomic E-state index is -0.758. The van der Waals surface area contributed by atoms with Crippen LogP contribution in [0.2, 0.25) is 0 Å². The maximum atomic E-state index is 13.8. The molecule has 0 bridgehead atoms. The second-order valence-electron chi connectivity index (χ2n) is 4.27. The van der Waals surface area contributed by atoms with Crippen LogP contribution < -0.4 is 11.3 Å². The Hall–Kier alpha value is -1.79. The fraction of sp³-hybridized carbons (Fsp3) is 0.308. The van der Waals surface area contributed by atoms with E-state index < -0.39 is 17.7 Å². The van der Waals surface area contributed by atoms with Gasteiger partial charge in [0.2, 0.25) is 0 Å². The molecule has 1 unspecified atom stereocenters. The molecule has 0 aliphatic carbocycles. The predicted octanol–water partition coefficient (Wildman–Crippen LogP) is 2.12. The number of hydrazine groups is 1. The molecule has 0 fully saturated rings. The maximum absolute atomic E-state index is 13.8. The molecule has 1 aromatic carbocycles. The van der Waals surface area contributed by atoms with E-state index in [1.54, 1.807) is 17.1 Å². The van der Waals surface area contributed by atoms with Crippen LogP contribution >= 0.6 is 0 Å². The molecule has 1 atom stereocenters. The van der Waals surface area contributed by atoms with E-state index in [-0.39, 0.29) is 5.56 Å². The number of halogens is 2. The lowest BCUT2D eigenvalue weighted by molar-refractivity contribution is 0.510. The van der Waals surface area contributed by atoms with Gasteiger partial charge in [0.25, 0.3) is 0 Å². The monoisotopic (exact) mass is 266 g/mol. The van der Waals surface area contributed by atoms with E-state index in [9.17, 15) is 8.78 Å². The summed E-state index contributed by atoms with van der Waals surface area (Å²) in [6.07, 6.45) is 4.22. The molecule has 19 heavy (non-hydrogen) atoms. The highest BCUT2D eigenvalue weighted by Crippen LogP contribution is 2.25. The highest BCUT2D eigenvalue weighted by molar-refractivity contribution is 5.31. The quantitative estimate of drug-likeness (QED) is 0.644. The molecular formula is C13H16F2N4. The average molecular weight is 266 g/mol. The van der Waals surface area contributed by atoms with Gasteiger partial charge in [-0.1, -0.05) is 13.0 Å². The van der Waals surface area contributed by atoms with Crippen molar-refractivity contribution in [3.63, 3.8) is 0 Å². The summed E-state index contributed by atoms with van der Waals surface area (Å²) in [7, 11) is 0. The number of nitrogens with two attached hydrogens (primary N) is 1. The summed E-state index contributed by atoms with van der Waals surface area (Å²) >= 11 is 0. The minimum absolute atomic E-state index is 0.0963. The van der Waals surface area contributed by atoms with Crippen molar-refractivity contribution >= 4 is 0 Å². The Morgan fingerprint density at radius 3 is 2.63 bits per heavy atom. The molecule has 0 spiro atoms. The number of hydrogen-bond acceptors (Lipinski definition) is 3. The fourth-order valence-electron chi connectivity index (χ4n) is 2.01. The summed E-state index contributed by atoms with van der Waals surface area (Å²) in [4.78, 5) is 0. The second kappa shape index (κ2) is 5.90. The molecule has 1 heterocycles. The largest absolute Gasteiger partial charge is 0.272 e. The number of nitrogens with zero attached hydrogens (tertiary/aromatic N) is 2. The Kier molecular flexibility index (Phi) is 4.24. The standard InChI is InChI=1S/C13H16F2N4/c1-2-6-19-8-9(7-17-19)13(18-16)12-10(14)4-3-5-11(12)15/h3-5,7-8,13,18H,2,6,16H2,1H3. The van der Waals surface area contributed by atoms with Gasteiger partial charge < -0.3 is 0 Å². The lowest BCUT2D eigenvalue weighted by atomic mass is 10.0. The van der Waals surface area contributed by atoms with Crippen LogP contribution in [0.4, 0.5) is 8.78 Å². The first kappa shape index (κ1) is 13.6. The lowest BCUT2D eigenvalue weighted by Gasteiger charge is -2.16. The molecule has 0 saturated carbocycles. The molecule has 102 valence electrons. The van der Waals surface area contributed by atoms with Crippen molar-refractivity contribution in [2.24, 2.45) is 5.84 Å². The van der Waals surface area contributed by atoms with Gasteiger partial charge in [0, 0.05) is 23.9 Å². The van der Waals surface area contributed by atoms with E-state index in [1.807, 2.05) is 6.92 Å². The highest BCUT2D eigenvalue weighted by atomic mass is 19.1. The van der Waals surface area contributed by atoms with Crippen LogP contribution in [-0.4, -0.2) is 9.78 Å². The van der Waals surface area contributed by atoms with Gasteiger partial charge in [0.15, 0.2) is 0 Å². The molecule has 0 aliphatic heterocycles. The van der Waals surface area contributed by atoms with Crippen molar-refractivity contribution in [3.8, 4) is 0 Å². The van der Waals surface area contributed by atoms with Gasteiger partial charge in [0.05, 0.1) is 12.2 Å². The molecule has 0 amide bonds. The number of aryl methyl sites for hydroxylation is 1. The van der Waals surface area contributed by atoms with Gasteiger partial charge in [-0.3, -0.25) is 10.5 Å². The van der Waals surface area contributed by atoms with Gasteiger partial charge in [-0.05, 0) is 18.6 Å². The third kappa shape index (κ3) is 2.80. The molecule has 6 heteroatoms. The van der Waals surface area contributed by atoms with Gasteiger partial charge in [-0.2, -0.15) is 5.10 Å². The van der Waals surface area contributed by atoms with Crippen LogP contribution in [0.25, 0.3) is 0 Å². The zero-order valence-corrected chi connectivity index (χ0v) is 10.6. The number of nitrogens with one attached hydrogen (secondary N) is 1. The van der Waals surface area contributed by atoms with Crippen LogP contribution in [0, 0.1) is 11.6 Å². The van der Waals surface area contributed by atoms with E-state index in [0.29, 0.717) is 5.56 Å². The first-order chi connectivity index (χ1) is 9.17. The van der Waals surface area contributed by atoms with Gasteiger partial charge in [-0.15, -0.1) is 0 Å². The summed E-state index contributed by atoms with van der Waals surface area (Å²) in [6, 6.07) is 2.98. The lowest BCUT2D eigenvalue weighted by Crippen LogP contribution is -2.30. The van der Waals surface area contributed by atoms with Crippen LogP contribution in [0.1, 0.15) is 30.5 Å². The fourth-order valence-corrected chi connectivity index (χ4v) is 2.01. The first-order valence-corrected chi connectivity index (χ1v) is 6.09. The molecule has 1 aromatic heterocycles. The summed E-state index contributed by atoms with van der Waals surface area (Å²) in [5, 5.41) is 4.14. The molecule has 0 saturated heterocycles. The first-order valence-electron chi connectivity index (χ1n) is 6.09. The van der Waals surface area contributed by atoms with Crippen LogP contribution in [-0.2, 0) is 6.54 Å². The Balaban J connectivity index is 2.38. The van der Waals surface area contributed by atoms with E-state index in [4.69, 9.17) is 5.84 Å². The number of hydrogen-bond donors (Lipinski definition) is 2. The zero-order valence-electron chi connectivity index (χ0n) is 10.6.